The zero-order valence-electron chi connectivity index (χ0n) is 11.0. The van der Waals surface area contributed by atoms with Gasteiger partial charge in [-0.1, -0.05) is 18.2 Å². The molecule has 0 amide bonds. The molecule has 0 saturated carbocycles. The highest BCUT2D eigenvalue weighted by Crippen LogP contribution is 2.18. The number of nitriles is 1. The van der Waals surface area contributed by atoms with E-state index in [1.807, 2.05) is 0 Å². The molecule has 0 unspecified atom stereocenters. The van der Waals surface area contributed by atoms with Crippen LogP contribution in [0.15, 0.2) is 42.5 Å². The number of ether oxygens (including phenoxy) is 1. The Morgan fingerprint density at radius 1 is 1.14 bits per heavy atom. The Labute approximate surface area is 120 Å². The third-order valence-electron chi connectivity index (χ3n) is 2.80. The first-order valence-electron chi connectivity index (χ1n) is 6.17. The van der Waals surface area contributed by atoms with Gasteiger partial charge in [-0.3, -0.25) is 4.79 Å². The van der Waals surface area contributed by atoms with Gasteiger partial charge in [-0.05, 0) is 29.8 Å². The van der Waals surface area contributed by atoms with E-state index in [2.05, 4.69) is 0 Å². The predicted octanol–water partition coefficient (Wildman–Crippen LogP) is 3.03. The second-order valence-electron chi connectivity index (χ2n) is 4.35. The lowest BCUT2D eigenvalue weighted by atomic mass is 10.1. The lowest BCUT2D eigenvalue weighted by Gasteiger charge is -2.07. The first kappa shape index (κ1) is 14.7. The molecule has 2 rings (SSSR count). The average Bonchev–Trinajstić information content (AvgIpc) is 2.48. The van der Waals surface area contributed by atoms with Gasteiger partial charge in [0, 0.05) is 6.42 Å². The van der Waals surface area contributed by atoms with Crippen LogP contribution in [-0.2, 0) is 11.2 Å². The molecule has 2 aromatic carbocycles. The number of benzene rings is 2. The van der Waals surface area contributed by atoms with Crippen molar-refractivity contribution in [3.05, 3.63) is 65.2 Å². The van der Waals surface area contributed by atoms with Crippen molar-refractivity contribution in [1.29, 1.82) is 5.26 Å². The van der Waals surface area contributed by atoms with Crippen LogP contribution in [-0.4, -0.2) is 12.4 Å². The topological polar surface area (TPSA) is 50.1 Å². The van der Waals surface area contributed by atoms with Gasteiger partial charge in [0.15, 0.2) is 17.3 Å². The normalized spacial score (nSPS) is 9.95. The van der Waals surface area contributed by atoms with Crippen LogP contribution in [0, 0.1) is 23.0 Å². The van der Waals surface area contributed by atoms with E-state index in [4.69, 9.17) is 10.00 Å². The fourth-order valence-electron chi connectivity index (χ4n) is 1.75. The average molecular weight is 287 g/mol. The van der Waals surface area contributed by atoms with Gasteiger partial charge < -0.3 is 4.74 Å². The molecule has 0 fully saturated rings. The predicted molar refractivity (Wildman–Crippen MR) is 71.7 cm³/mol. The monoisotopic (exact) mass is 287 g/mol. The second-order valence-corrected chi connectivity index (χ2v) is 4.35. The highest BCUT2D eigenvalue weighted by atomic mass is 19.1. The summed E-state index contributed by atoms with van der Waals surface area (Å²) in [4.78, 5) is 11.7. The van der Waals surface area contributed by atoms with Crippen LogP contribution < -0.4 is 4.74 Å². The van der Waals surface area contributed by atoms with E-state index < -0.39 is 11.6 Å². The molecule has 0 spiro atoms. The summed E-state index contributed by atoms with van der Waals surface area (Å²) in [6, 6.07) is 11.4. The van der Waals surface area contributed by atoms with Crippen LogP contribution in [0.3, 0.4) is 0 Å². The van der Waals surface area contributed by atoms with E-state index in [0.29, 0.717) is 0 Å². The summed E-state index contributed by atoms with van der Waals surface area (Å²) in [6.07, 6.45) is -0.120. The molecule has 0 radical (unpaired) electrons. The number of carbonyl (C=O) groups excluding carboxylic acids is 1. The van der Waals surface area contributed by atoms with E-state index in [0.717, 1.165) is 6.07 Å². The van der Waals surface area contributed by atoms with E-state index in [1.165, 1.54) is 30.3 Å². The molecule has 0 bridgehead atoms. The van der Waals surface area contributed by atoms with Crippen molar-refractivity contribution >= 4 is 5.78 Å². The molecule has 106 valence electrons. The number of ketones is 1. The molecule has 0 atom stereocenters. The number of rotatable bonds is 5. The molecule has 0 aliphatic carbocycles. The van der Waals surface area contributed by atoms with Gasteiger partial charge in [0.05, 0.1) is 11.6 Å². The summed E-state index contributed by atoms with van der Waals surface area (Å²) in [5.41, 5.74) is 0.434. The molecule has 0 aliphatic heterocycles. The van der Waals surface area contributed by atoms with Gasteiger partial charge in [-0.2, -0.15) is 5.26 Å². The van der Waals surface area contributed by atoms with Gasteiger partial charge in [-0.25, -0.2) is 8.78 Å². The maximum atomic E-state index is 13.5. The molecule has 5 heteroatoms. The molecular formula is C16H11F2NO2. The Balaban J connectivity index is 1.96. The summed E-state index contributed by atoms with van der Waals surface area (Å²) in [6.45, 7) is -0.364. The van der Waals surface area contributed by atoms with E-state index in [1.54, 1.807) is 12.1 Å². The van der Waals surface area contributed by atoms with Gasteiger partial charge in [-0.15, -0.1) is 0 Å². The first-order chi connectivity index (χ1) is 10.1. The minimum Gasteiger partial charge on any atom is -0.483 e. The van der Waals surface area contributed by atoms with E-state index in [9.17, 15) is 13.6 Å². The largest absolute Gasteiger partial charge is 0.483 e. The fraction of sp³-hybridized carbons (Fsp3) is 0.125. The summed E-state index contributed by atoms with van der Waals surface area (Å²) in [5.74, 6) is -1.66. The highest BCUT2D eigenvalue weighted by molar-refractivity contribution is 5.82. The van der Waals surface area contributed by atoms with Crippen LogP contribution in [0.25, 0.3) is 0 Å². The first-order valence-corrected chi connectivity index (χ1v) is 6.17. The molecule has 2 aromatic rings. The summed E-state index contributed by atoms with van der Waals surface area (Å²) in [7, 11) is 0. The van der Waals surface area contributed by atoms with Crippen molar-refractivity contribution in [1.82, 2.24) is 0 Å². The van der Waals surface area contributed by atoms with E-state index in [-0.39, 0.29) is 35.7 Å². The number of Topliss-reactive ketones (excluding diaryl/α,β-unsaturated/α-hetero) is 1. The van der Waals surface area contributed by atoms with E-state index >= 15 is 0 Å². The number of hydrogen-bond acceptors (Lipinski definition) is 3. The van der Waals surface area contributed by atoms with Crippen molar-refractivity contribution in [2.24, 2.45) is 0 Å². The molecule has 21 heavy (non-hydrogen) atoms. The van der Waals surface area contributed by atoms with Crippen molar-refractivity contribution in [3.8, 4) is 11.8 Å². The minimum absolute atomic E-state index is 0.115. The summed E-state index contributed by atoms with van der Waals surface area (Å²) < 4.78 is 32.0. The van der Waals surface area contributed by atoms with Gasteiger partial charge >= 0.3 is 0 Å². The number of nitrogens with zero attached hydrogens (tertiary/aromatic N) is 1. The minimum atomic E-state index is -0.715. The van der Waals surface area contributed by atoms with Crippen LogP contribution >= 0.6 is 0 Å². The summed E-state index contributed by atoms with van der Waals surface area (Å²) >= 11 is 0. The highest BCUT2D eigenvalue weighted by Gasteiger charge is 2.10. The smallest absolute Gasteiger partial charge is 0.174 e. The quantitative estimate of drug-likeness (QED) is 0.849. The molecule has 3 nitrogen and oxygen atoms in total. The molecule has 0 aromatic heterocycles. The van der Waals surface area contributed by atoms with Gasteiger partial charge in [0.1, 0.15) is 12.4 Å². The number of hydrogen-bond donors (Lipinski definition) is 0. The van der Waals surface area contributed by atoms with Crippen LogP contribution in [0.2, 0.25) is 0 Å². The molecule has 0 heterocycles. The zero-order valence-corrected chi connectivity index (χ0v) is 11.0. The second kappa shape index (κ2) is 6.62. The lowest BCUT2D eigenvalue weighted by Crippen LogP contribution is -2.15. The maximum absolute atomic E-state index is 13.5. The molecule has 0 saturated heterocycles. The van der Waals surface area contributed by atoms with Gasteiger partial charge in [0.2, 0.25) is 0 Å². The third-order valence-corrected chi connectivity index (χ3v) is 2.80. The standard InChI is InChI=1S/C16H11F2NO2/c17-14-4-2-1-3-12(14)8-13(20)10-21-16-6-5-11(9-19)7-15(16)18/h1-7H,8,10H2. The zero-order chi connectivity index (χ0) is 15.2. The van der Waals surface area contributed by atoms with Crippen molar-refractivity contribution in [2.75, 3.05) is 6.61 Å². The van der Waals surface area contributed by atoms with Crippen LogP contribution in [0.1, 0.15) is 11.1 Å². The van der Waals surface area contributed by atoms with Crippen molar-refractivity contribution in [2.45, 2.75) is 6.42 Å². The lowest BCUT2D eigenvalue weighted by molar-refractivity contribution is -0.120. The van der Waals surface area contributed by atoms with Gasteiger partial charge in [0.25, 0.3) is 0 Å². The molecule has 0 N–H and O–H groups in total. The Bertz CT molecular complexity index is 708. The number of carbonyl (C=O) groups is 1. The number of halogens is 2. The Morgan fingerprint density at radius 3 is 2.57 bits per heavy atom. The molecular weight excluding hydrogens is 276 g/mol. The van der Waals surface area contributed by atoms with Crippen molar-refractivity contribution < 1.29 is 18.3 Å². The van der Waals surface area contributed by atoms with Crippen LogP contribution in [0.5, 0.6) is 5.75 Å². The SMILES string of the molecule is N#Cc1ccc(OCC(=O)Cc2ccccc2F)c(F)c1. The fourth-order valence-corrected chi connectivity index (χ4v) is 1.75. The Morgan fingerprint density at radius 2 is 1.90 bits per heavy atom. The molecule has 0 aliphatic rings. The Kier molecular flexibility index (Phi) is 4.62. The Hall–Kier alpha value is -2.74. The van der Waals surface area contributed by atoms with Crippen molar-refractivity contribution in [3.63, 3.8) is 0 Å². The third kappa shape index (κ3) is 3.86. The summed E-state index contributed by atoms with van der Waals surface area (Å²) in [5, 5.41) is 8.61. The van der Waals surface area contributed by atoms with Crippen LogP contribution in [0.4, 0.5) is 8.78 Å². The maximum Gasteiger partial charge on any atom is 0.174 e.